The van der Waals surface area contributed by atoms with Gasteiger partial charge in [0, 0.05) is 5.02 Å². The molecule has 3 aromatic rings. The summed E-state index contributed by atoms with van der Waals surface area (Å²) in [6.07, 6.45) is 0. The van der Waals surface area contributed by atoms with Gasteiger partial charge in [0.25, 0.3) is 0 Å². The summed E-state index contributed by atoms with van der Waals surface area (Å²) in [5.41, 5.74) is 2.70. The maximum Gasteiger partial charge on any atom is 0.241 e. The zero-order valence-electron chi connectivity index (χ0n) is 13.7. The molecule has 3 nitrogen and oxygen atoms in total. The molecule has 128 valence electrons. The zero-order valence-corrected chi connectivity index (χ0v) is 15.3. The first kappa shape index (κ1) is 17.7. The molecule has 0 saturated carbocycles. The van der Waals surface area contributed by atoms with Crippen LogP contribution in [0.3, 0.4) is 0 Å². The van der Waals surface area contributed by atoms with E-state index in [0.717, 1.165) is 16.7 Å². The molecule has 1 unspecified atom stereocenters. The summed E-state index contributed by atoms with van der Waals surface area (Å²) in [7, 11) is -3.67. The van der Waals surface area contributed by atoms with Crippen molar-refractivity contribution in [2.24, 2.45) is 0 Å². The third-order valence-electron chi connectivity index (χ3n) is 3.94. The van der Waals surface area contributed by atoms with Crippen LogP contribution in [0.5, 0.6) is 0 Å². The van der Waals surface area contributed by atoms with E-state index in [-0.39, 0.29) is 4.90 Å². The number of benzene rings is 3. The van der Waals surface area contributed by atoms with Crippen LogP contribution in [0.25, 0.3) is 0 Å². The van der Waals surface area contributed by atoms with Crippen molar-refractivity contribution in [3.63, 3.8) is 0 Å². The average Bonchev–Trinajstić information content (AvgIpc) is 2.62. The number of aryl methyl sites for hydroxylation is 1. The second kappa shape index (κ2) is 7.40. The quantitative estimate of drug-likeness (QED) is 0.705. The average molecular weight is 372 g/mol. The van der Waals surface area contributed by atoms with Gasteiger partial charge in [0.1, 0.15) is 0 Å². The number of sulfonamides is 1. The Labute approximate surface area is 153 Å². The SMILES string of the molecule is Cc1ccc(S(=O)(=O)NC(c2ccccc2)c2ccc(Cl)cc2)cc1. The molecular formula is C20H18ClNO2S. The first-order valence-corrected chi connectivity index (χ1v) is 9.71. The van der Waals surface area contributed by atoms with Crippen LogP contribution in [0.15, 0.2) is 83.8 Å². The van der Waals surface area contributed by atoms with Crippen molar-refractivity contribution in [1.29, 1.82) is 0 Å². The monoisotopic (exact) mass is 371 g/mol. The summed E-state index contributed by atoms with van der Waals surface area (Å²) in [5.74, 6) is 0. The number of nitrogens with one attached hydrogen (secondary N) is 1. The lowest BCUT2D eigenvalue weighted by Crippen LogP contribution is -2.29. The predicted octanol–water partition coefficient (Wildman–Crippen LogP) is 4.72. The topological polar surface area (TPSA) is 46.2 Å². The summed E-state index contributed by atoms with van der Waals surface area (Å²) >= 11 is 5.97. The highest BCUT2D eigenvalue weighted by Crippen LogP contribution is 2.26. The third-order valence-corrected chi connectivity index (χ3v) is 5.63. The predicted molar refractivity (Wildman–Crippen MR) is 101 cm³/mol. The van der Waals surface area contributed by atoms with E-state index >= 15 is 0 Å². The van der Waals surface area contributed by atoms with Crippen LogP contribution < -0.4 is 4.72 Å². The molecular weight excluding hydrogens is 354 g/mol. The van der Waals surface area contributed by atoms with Gasteiger partial charge in [0.2, 0.25) is 10.0 Å². The molecule has 0 aliphatic rings. The Hall–Kier alpha value is -2.14. The lowest BCUT2D eigenvalue weighted by Gasteiger charge is -2.20. The van der Waals surface area contributed by atoms with Gasteiger partial charge in [0.15, 0.2) is 0 Å². The van der Waals surface area contributed by atoms with Gasteiger partial charge >= 0.3 is 0 Å². The second-order valence-corrected chi connectivity index (χ2v) is 7.98. The molecule has 5 heteroatoms. The van der Waals surface area contributed by atoms with Crippen molar-refractivity contribution in [3.05, 3.63) is 101 Å². The molecule has 3 aromatic carbocycles. The molecule has 0 radical (unpaired) electrons. The van der Waals surface area contributed by atoms with Gasteiger partial charge < -0.3 is 0 Å². The summed E-state index contributed by atoms with van der Waals surface area (Å²) in [6, 6.07) is 23.0. The number of halogens is 1. The Morgan fingerprint density at radius 3 is 1.96 bits per heavy atom. The highest BCUT2D eigenvalue weighted by Gasteiger charge is 2.22. The molecule has 0 aliphatic heterocycles. The fraction of sp³-hybridized carbons (Fsp3) is 0.100. The Kier molecular flexibility index (Phi) is 5.23. The van der Waals surface area contributed by atoms with E-state index in [1.807, 2.05) is 49.4 Å². The van der Waals surface area contributed by atoms with Crippen molar-refractivity contribution < 1.29 is 8.42 Å². The molecule has 0 aromatic heterocycles. The molecule has 0 bridgehead atoms. The lowest BCUT2D eigenvalue weighted by atomic mass is 10.00. The van der Waals surface area contributed by atoms with Crippen molar-refractivity contribution in [2.45, 2.75) is 17.9 Å². The van der Waals surface area contributed by atoms with Crippen LogP contribution in [0.1, 0.15) is 22.7 Å². The van der Waals surface area contributed by atoms with Crippen LogP contribution >= 0.6 is 11.6 Å². The van der Waals surface area contributed by atoms with Gasteiger partial charge in [-0.05, 0) is 42.3 Å². The van der Waals surface area contributed by atoms with Gasteiger partial charge in [-0.3, -0.25) is 0 Å². The first-order valence-electron chi connectivity index (χ1n) is 7.85. The fourth-order valence-electron chi connectivity index (χ4n) is 2.57. The number of hydrogen-bond donors (Lipinski definition) is 1. The maximum atomic E-state index is 12.8. The molecule has 25 heavy (non-hydrogen) atoms. The summed E-state index contributed by atoms with van der Waals surface area (Å²) in [5, 5.41) is 0.608. The van der Waals surface area contributed by atoms with Gasteiger partial charge in [0.05, 0.1) is 10.9 Å². The molecule has 0 heterocycles. The summed E-state index contributed by atoms with van der Waals surface area (Å²) < 4.78 is 28.5. The lowest BCUT2D eigenvalue weighted by molar-refractivity contribution is 0.572. The van der Waals surface area contributed by atoms with Crippen molar-refractivity contribution in [3.8, 4) is 0 Å². The van der Waals surface area contributed by atoms with E-state index in [4.69, 9.17) is 11.6 Å². The normalized spacial score (nSPS) is 12.7. The molecule has 1 N–H and O–H groups in total. The highest BCUT2D eigenvalue weighted by molar-refractivity contribution is 7.89. The third kappa shape index (κ3) is 4.28. The molecule has 1 atom stereocenters. The fourth-order valence-corrected chi connectivity index (χ4v) is 3.91. The van der Waals surface area contributed by atoms with Gasteiger partial charge in [-0.15, -0.1) is 0 Å². The van der Waals surface area contributed by atoms with Crippen LogP contribution in [0.2, 0.25) is 5.02 Å². The zero-order chi connectivity index (χ0) is 17.9. The van der Waals surface area contributed by atoms with Gasteiger partial charge in [-0.25, -0.2) is 8.42 Å². The minimum absolute atomic E-state index is 0.244. The smallest absolute Gasteiger partial charge is 0.207 e. The molecule has 0 saturated heterocycles. The summed E-state index contributed by atoms with van der Waals surface area (Å²) in [4.78, 5) is 0.244. The maximum absolute atomic E-state index is 12.8. The Morgan fingerprint density at radius 1 is 0.800 bits per heavy atom. The molecule has 0 aliphatic carbocycles. The first-order chi connectivity index (χ1) is 12.0. The Bertz CT molecular complexity index is 937. The van der Waals surface area contributed by atoms with Gasteiger partial charge in [-0.1, -0.05) is 71.8 Å². The van der Waals surface area contributed by atoms with Gasteiger partial charge in [-0.2, -0.15) is 4.72 Å². The molecule has 0 amide bonds. The van der Waals surface area contributed by atoms with E-state index in [1.54, 1.807) is 36.4 Å². The molecule has 0 spiro atoms. The summed E-state index contributed by atoms with van der Waals surface area (Å²) in [6.45, 7) is 1.92. The van der Waals surface area contributed by atoms with E-state index in [1.165, 1.54) is 0 Å². The minimum atomic E-state index is -3.67. The highest BCUT2D eigenvalue weighted by atomic mass is 35.5. The van der Waals surface area contributed by atoms with Crippen molar-refractivity contribution >= 4 is 21.6 Å². The van der Waals surface area contributed by atoms with E-state index in [2.05, 4.69) is 4.72 Å². The van der Waals surface area contributed by atoms with E-state index < -0.39 is 16.1 Å². The van der Waals surface area contributed by atoms with E-state index in [9.17, 15) is 8.42 Å². The van der Waals surface area contributed by atoms with Crippen LogP contribution in [-0.4, -0.2) is 8.42 Å². The molecule has 3 rings (SSSR count). The largest absolute Gasteiger partial charge is 0.241 e. The standard InChI is InChI=1S/C20H18ClNO2S/c1-15-7-13-19(14-8-15)25(23,24)22-20(16-5-3-2-4-6-16)17-9-11-18(21)12-10-17/h2-14,20,22H,1H3. The van der Waals surface area contributed by atoms with Crippen LogP contribution in [0, 0.1) is 6.92 Å². The minimum Gasteiger partial charge on any atom is -0.207 e. The second-order valence-electron chi connectivity index (χ2n) is 5.83. The van der Waals surface area contributed by atoms with Crippen molar-refractivity contribution in [1.82, 2.24) is 4.72 Å². The van der Waals surface area contributed by atoms with Crippen LogP contribution in [-0.2, 0) is 10.0 Å². The Morgan fingerprint density at radius 2 is 1.36 bits per heavy atom. The van der Waals surface area contributed by atoms with E-state index in [0.29, 0.717) is 5.02 Å². The van der Waals surface area contributed by atoms with Crippen molar-refractivity contribution in [2.75, 3.05) is 0 Å². The Balaban J connectivity index is 2.00. The number of hydrogen-bond acceptors (Lipinski definition) is 2. The number of rotatable bonds is 5. The molecule has 0 fully saturated rings. The van der Waals surface area contributed by atoms with Crippen LogP contribution in [0.4, 0.5) is 0 Å².